The van der Waals surface area contributed by atoms with Crippen molar-refractivity contribution in [1.29, 1.82) is 0 Å². The fourth-order valence-corrected chi connectivity index (χ4v) is 1.85. The molecule has 0 aromatic heterocycles. The van der Waals surface area contributed by atoms with Crippen molar-refractivity contribution in [2.45, 2.75) is 32.5 Å². The zero-order chi connectivity index (χ0) is 18.5. The Morgan fingerprint density at radius 2 is 1.75 bits per heavy atom. The molecule has 1 atom stereocenters. The van der Waals surface area contributed by atoms with Gasteiger partial charge in [-0.15, -0.1) is 0 Å². The molecule has 0 bridgehead atoms. The fourth-order valence-electron chi connectivity index (χ4n) is 1.85. The summed E-state index contributed by atoms with van der Waals surface area (Å²) in [5.41, 5.74) is 2.05. The summed E-state index contributed by atoms with van der Waals surface area (Å²) in [6.07, 6.45) is -5.49. The van der Waals surface area contributed by atoms with Crippen LogP contribution in [0.25, 0.3) is 0 Å². The topological polar surface area (TPSA) is 95.5 Å². The summed E-state index contributed by atoms with van der Waals surface area (Å²) in [7, 11) is 0. The van der Waals surface area contributed by atoms with Crippen LogP contribution in [-0.2, 0) is 14.4 Å². The van der Waals surface area contributed by atoms with E-state index in [0.29, 0.717) is 5.56 Å². The molecule has 0 aliphatic carbocycles. The summed E-state index contributed by atoms with van der Waals surface area (Å²) in [5.74, 6) is -3.48. The second kappa shape index (κ2) is 7.80. The Morgan fingerprint density at radius 3 is 2.25 bits per heavy atom. The number of halogens is 3. The lowest BCUT2D eigenvalue weighted by Crippen LogP contribution is -2.39. The highest BCUT2D eigenvalue weighted by atomic mass is 19.4. The third kappa shape index (κ3) is 6.27. The number of amides is 2. The molecule has 9 heteroatoms. The molecule has 0 fully saturated rings. The first kappa shape index (κ1) is 19.5. The zero-order valence-corrected chi connectivity index (χ0v) is 13.0. The highest BCUT2D eigenvalue weighted by Gasteiger charge is 2.28. The molecule has 1 aromatic carbocycles. The number of aryl methyl sites for hydroxylation is 2. The van der Waals surface area contributed by atoms with Gasteiger partial charge in [0.25, 0.3) is 0 Å². The molecular weight excluding hydrogens is 329 g/mol. The van der Waals surface area contributed by atoms with Gasteiger partial charge in [-0.3, -0.25) is 9.59 Å². The fraction of sp³-hybridized carbons (Fsp3) is 0.400. The molecule has 0 heterocycles. The van der Waals surface area contributed by atoms with Crippen LogP contribution in [0.1, 0.15) is 29.2 Å². The van der Waals surface area contributed by atoms with Gasteiger partial charge in [0.1, 0.15) is 13.0 Å². The molecule has 0 aliphatic heterocycles. The van der Waals surface area contributed by atoms with Crippen molar-refractivity contribution in [3.05, 3.63) is 34.9 Å². The number of hydrogen-bond donors (Lipinski definition) is 3. The zero-order valence-electron chi connectivity index (χ0n) is 13.0. The number of rotatable bonds is 6. The monoisotopic (exact) mass is 346 g/mol. The maximum atomic E-state index is 12.0. The normalized spacial score (nSPS) is 12.4. The Kier molecular flexibility index (Phi) is 6.33. The third-order valence-corrected chi connectivity index (χ3v) is 3.22. The summed E-state index contributed by atoms with van der Waals surface area (Å²) >= 11 is 0. The van der Waals surface area contributed by atoms with E-state index in [0.717, 1.165) is 11.1 Å². The van der Waals surface area contributed by atoms with Gasteiger partial charge in [0.15, 0.2) is 6.04 Å². The minimum atomic E-state index is -4.59. The van der Waals surface area contributed by atoms with Gasteiger partial charge in [-0.1, -0.05) is 18.2 Å². The number of hydrogen-bond acceptors (Lipinski definition) is 3. The quantitative estimate of drug-likeness (QED) is 0.682. The van der Waals surface area contributed by atoms with Crippen LogP contribution < -0.4 is 10.6 Å². The predicted molar refractivity (Wildman–Crippen MR) is 78.1 cm³/mol. The number of alkyl halides is 3. The van der Waals surface area contributed by atoms with E-state index in [9.17, 15) is 32.7 Å². The maximum Gasteiger partial charge on any atom is 0.405 e. The van der Waals surface area contributed by atoms with E-state index >= 15 is 0 Å². The molecule has 1 aromatic rings. The Morgan fingerprint density at radius 1 is 1.12 bits per heavy atom. The molecule has 1 unspecified atom stereocenters. The van der Waals surface area contributed by atoms with Crippen molar-refractivity contribution in [2.24, 2.45) is 0 Å². The second-order valence-electron chi connectivity index (χ2n) is 5.25. The highest BCUT2D eigenvalue weighted by molar-refractivity contribution is 5.98. The van der Waals surface area contributed by atoms with Crippen molar-refractivity contribution in [2.75, 3.05) is 6.54 Å². The highest BCUT2D eigenvalue weighted by Crippen LogP contribution is 2.18. The molecule has 132 valence electrons. The van der Waals surface area contributed by atoms with Gasteiger partial charge < -0.3 is 15.7 Å². The van der Waals surface area contributed by atoms with Crippen molar-refractivity contribution in [3.8, 4) is 0 Å². The third-order valence-electron chi connectivity index (χ3n) is 3.22. The molecule has 0 saturated carbocycles. The molecule has 0 saturated heterocycles. The average Bonchev–Trinajstić information content (AvgIpc) is 2.44. The summed E-state index contributed by atoms with van der Waals surface area (Å²) in [6.45, 7) is 2.04. The SMILES string of the molecule is Cc1ccc(C(NC(=O)CC(=O)NCC(F)(F)F)C(=O)O)cc1C. The molecule has 0 aliphatic rings. The molecular formula is C15H17F3N2O4. The number of nitrogens with one attached hydrogen (secondary N) is 2. The first-order valence-corrected chi connectivity index (χ1v) is 6.92. The predicted octanol–water partition coefficient (Wildman–Crippen LogP) is 1.61. The standard InChI is InChI=1S/C15H17F3N2O4/c1-8-3-4-10(5-9(8)2)13(14(23)24)20-12(22)6-11(21)19-7-15(16,17)18/h3-5,13H,6-7H2,1-2H3,(H,19,21)(H,20,22)(H,23,24). The van der Waals surface area contributed by atoms with Crippen molar-refractivity contribution < 1.29 is 32.7 Å². The first-order chi connectivity index (χ1) is 11.0. The molecule has 1 rings (SSSR count). The molecule has 3 N–H and O–H groups in total. The van der Waals surface area contributed by atoms with Crippen LogP contribution in [-0.4, -0.2) is 35.6 Å². The lowest BCUT2D eigenvalue weighted by molar-refractivity contribution is -0.144. The summed E-state index contributed by atoms with van der Waals surface area (Å²) in [4.78, 5) is 34.3. The lowest BCUT2D eigenvalue weighted by atomic mass is 10.0. The summed E-state index contributed by atoms with van der Waals surface area (Å²) < 4.78 is 35.9. The molecule has 6 nitrogen and oxygen atoms in total. The van der Waals surface area contributed by atoms with Crippen LogP contribution in [0.5, 0.6) is 0 Å². The van der Waals surface area contributed by atoms with Gasteiger partial charge in [-0.25, -0.2) is 4.79 Å². The van der Waals surface area contributed by atoms with Gasteiger partial charge in [0.2, 0.25) is 11.8 Å². The first-order valence-electron chi connectivity index (χ1n) is 6.92. The summed E-state index contributed by atoms with van der Waals surface area (Å²) in [5, 5.41) is 12.9. The van der Waals surface area contributed by atoms with E-state index in [2.05, 4.69) is 5.32 Å². The van der Waals surface area contributed by atoms with Crippen molar-refractivity contribution >= 4 is 17.8 Å². The van der Waals surface area contributed by atoms with Crippen LogP contribution in [0.3, 0.4) is 0 Å². The number of carboxylic acids is 1. The van der Waals surface area contributed by atoms with Crippen LogP contribution in [0.15, 0.2) is 18.2 Å². The maximum absolute atomic E-state index is 12.0. The minimum Gasteiger partial charge on any atom is -0.479 e. The number of carboxylic acid groups (broad SMARTS) is 1. The number of benzene rings is 1. The van der Waals surface area contributed by atoms with E-state index < -0.39 is 43.0 Å². The number of aliphatic carboxylic acids is 1. The van der Waals surface area contributed by atoms with Crippen LogP contribution >= 0.6 is 0 Å². The lowest BCUT2D eigenvalue weighted by Gasteiger charge is -2.16. The largest absolute Gasteiger partial charge is 0.479 e. The Bertz CT molecular complexity index is 644. The van der Waals surface area contributed by atoms with Crippen LogP contribution in [0.2, 0.25) is 0 Å². The Labute approximate surface area is 136 Å². The van der Waals surface area contributed by atoms with E-state index in [4.69, 9.17) is 0 Å². The minimum absolute atomic E-state index is 0.301. The molecule has 2 amide bonds. The Hall–Kier alpha value is -2.58. The van der Waals surface area contributed by atoms with Gasteiger partial charge in [0, 0.05) is 0 Å². The van der Waals surface area contributed by atoms with Gasteiger partial charge in [0.05, 0.1) is 0 Å². The van der Waals surface area contributed by atoms with E-state index in [1.807, 2.05) is 6.92 Å². The van der Waals surface area contributed by atoms with E-state index in [1.165, 1.54) is 6.07 Å². The Balaban J connectivity index is 2.71. The van der Waals surface area contributed by atoms with Crippen LogP contribution in [0, 0.1) is 13.8 Å². The van der Waals surface area contributed by atoms with Crippen LogP contribution in [0.4, 0.5) is 13.2 Å². The van der Waals surface area contributed by atoms with E-state index in [-0.39, 0.29) is 0 Å². The van der Waals surface area contributed by atoms with Gasteiger partial charge in [-0.2, -0.15) is 13.2 Å². The summed E-state index contributed by atoms with van der Waals surface area (Å²) in [6, 6.07) is 3.39. The van der Waals surface area contributed by atoms with Gasteiger partial charge >= 0.3 is 12.1 Å². The van der Waals surface area contributed by atoms with E-state index in [1.54, 1.807) is 24.4 Å². The molecule has 0 radical (unpaired) electrons. The van der Waals surface area contributed by atoms with Crippen molar-refractivity contribution in [1.82, 2.24) is 10.6 Å². The average molecular weight is 346 g/mol. The molecule has 24 heavy (non-hydrogen) atoms. The number of carbonyl (C=O) groups excluding carboxylic acids is 2. The molecule has 0 spiro atoms. The second-order valence-corrected chi connectivity index (χ2v) is 5.25. The number of carbonyl (C=O) groups is 3. The van der Waals surface area contributed by atoms with Gasteiger partial charge in [-0.05, 0) is 30.5 Å². The van der Waals surface area contributed by atoms with Crippen molar-refractivity contribution in [3.63, 3.8) is 0 Å². The smallest absolute Gasteiger partial charge is 0.405 e.